The van der Waals surface area contributed by atoms with E-state index in [4.69, 9.17) is 9.84 Å². The SMILES string of the molecule is CNCc1ccc(-c2ccnc3c2c(N2CCC(N(C)C(=O)O)C2)nn3Cc2ccc(OC)cc2)cc1F. The number of carboxylic acid groups (broad SMARTS) is 1. The van der Waals surface area contributed by atoms with Crippen LogP contribution in [0.15, 0.2) is 54.7 Å². The molecule has 2 aromatic heterocycles. The molecule has 1 unspecified atom stereocenters. The van der Waals surface area contributed by atoms with E-state index in [0.29, 0.717) is 43.8 Å². The number of rotatable bonds is 8. The third kappa shape index (κ3) is 4.87. The first kappa shape index (κ1) is 25.5. The number of likely N-dealkylation sites (N-methyl/N-ethyl adjacent to an activating group) is 1. The van der Waals surface area contributed by atoms with Gasteiger partial charge >= 0.3 is 6.09 Å². The molecule has 1 fully saturated rings. The minimum atomic E-state index is -0.953. The zero-order valence-corrected chi connectivity index (χ0v) is 21.7. The lowest BCUT2D eigenvalue weighted by atomic mass is 10.0. The first-order valence-corrected chi connectivity index (χ1v) is 12.5. The van der Waals surface area contributed by atoms with Gasteiger partial charge in [0, 0.05) is 38.4 Å². The van der Waals surface area contributed by atoms with E-state index in [-0.39, 0.29) is 11.9 Å². The van der Waals surface area contributed by atoms with Gasteiger partial charge < -0.3 is 25.0 Å². The Kier molecular flexibility index (Phi) is 7.15. The summed E-state index contributed by atoms with van der Waals surface area (Å²) in [6.07, 6.45) is 1.46. The second-order valence-corrected chi connectivity index (χ2v) is 9.50. The van der Waals surface area contributed by atoms with Crippen molar-refractivity contribution in [3.8, 4) is 16.9 Å². The lowest BCUT2D eigenvalue weighted by Crippen LogP contribution is -2.38. The molecule has 2 N–H and O–H groups in total. The number of aromatic nitrogens is 3. The molecule has 1 amide bonds. The largest absolute Gasteiger partial charge is 0.497 e. The summed E-state index contributed by atoms with van der Waals surface area (Å²) in [6.45, 7) is 2.09. The van der Waals surface area contributed by atoms with Gasteiger partial charge in [-0.25, -0.2) is 18.9 Å². The Morgan fingerprint density at radius 1 is 1.24 bits per heavy atom. The predicted octanol–water partition coefficient (Wildman–Crippen LogP) is 4.20. The van der Waals surface area contributed by atoms with Crippen molar-refractivity contribution in [1.82, 2.24) is 25.0 Å². The summed E-state index contributed by atoms with van der Waals surface area (Å²) in [5.41, 5.74) is 3.87. The highest BCUT2D eigenvalue weighted by Crippen LogP contribution is 2.37. The molecule has 1 aliphatic heterocycles. The molecule has 5 rings (SSSR count). The van der Waals surface area contributed by atoms with E-state index in [1.807, 2.05) is 41.1 Å². The number of nitrogens with zero attached hydrogens (tertiary/aromatic N) is 5. The van der Waals surface area contributed by atoms with Crippen molar-refractivity contribution in [2.75, 3.05) is 39.2 Å². The van der Waals surface area contributed by atoms with Gasteiger partial charge in [-0.15, -0.1) is 0 Å². The van der Waals surface area contributed by atoms with Crippen molar-refractivity contribution >= 4 is 22.9 Å². The van der Waals surface area contributed by atoms with E-state index < -0.39 is 6.09 Å². The number of hydrogen-bond acceptors (Lipinski definition) is 6. The minimum absolute atomic E-state index is 0.146. The molecule has 0 saturated carbocycles. The van der Waals surface area contributed by atoms with Gasteiger partial charge in [0.05, 0.1) is 25.1 Å². The number of halogens is 1. The number of pyridine rings is 1. The fourth-order valence-electron chi connectivity index (χ4n) is 5.01. The quantitative estimate of drug-likeness (QED) is 0.361. The minimum Gasteiger partial charge on any atom is -0.497 e. The number of anilines is 1. The highest BCUT2D eigenvalue weighted by atomic mass is 19.1. The fourth-order valence-corrected chi connectivity index (χ4v) is 5.01. The van der Waals surface area contributed by atoms with Crippen LogP contribution in [-0.2, 0) is 13.1 Å². The van der Waals surface area contributed by atoms with Gasteiger partial charge in [0.25, 0.3) is 0 Å². The van der Waals surface area contributed by atoms with Crippen LogP contribution in [0.25, 0.3) is 22.2 Å². The smallest absolute Gasteiger partial charge is 0.407 e. The second kappa shape index (κ2) is 10.7. The maximum absolute atomic E-state index is 14.9. The lowest BCUT2D eigenvalue weighted by molar-refractivity contribution is 0.142. The lowest BCUT2D eigenvalue weighted by Gasteiger charge is -2.22. The molecule has 10 heteroatoms. The predicted molar refractivity (Wildman–Crippen MR) is 144 cm³/mol. The maximum Gasteiger partial charge on any atom is 0.407 e. The molecule has 0 bridgehead atoms. The van der Waals surface area contributed by atoms with Gasteiger partial charge in [0.1, 0.15) is 11.6 Å². The Balaban J connectivity index is 1.60. The number of ether oxygens (including phenoxy) is 1. The third-order valence-electron chi connectivity index (χ3n) is 7.15. The average molecular weight is 519 g/mol. The first-order chi connectivity index (χ1) is 18.4. The van der Waals surface area contributed by atoms with Gasteiger partial charge in [-0.1, -0.05) is 24.3 Å². The Morgan fingerprint density at radius 2 is 2.03 bits per heavy atom. The van der Waals surface area contributed by atoms with Crippen molar-refractivity contribution in [3.63, 3.8) is 0 Å². The molecule has 4 aromatic rings. The molecule has 1 aliphatic rings. The van der Waals surface area contributed by atoms with Crippen LogP contribution in [0, 0.1) is 5.82 Å². The van der Waals surface area contributed by atoms with Crippen molar-refractivity contribution in [1.29, 1.82) is 0 Å². The van der Waals surface area contributed by atoms with Crippen LogP contribution in [0.3, 0.4) is 0 Å². The third-order valence-corrected chi connectivity index (χ3v) is 7.15. The van der Waals surface area contributed by atoms with Crippen molar-refractivity contribution in [2.24, 2.45) is 0 Å². The highest BCUT2D eigenvalue weighted by molar-refractivity contribution is 6.01. The number of carbonyl (C=O) groups is 1. The summed E-state index contributed by atoms with van der Waals surface area (Å²) in [4.78, 5) is 19.7. The van der Waals surface area contributed by atoms with Gasteiger partial charge in [-0.2, -0.15) is 5.10 Å². The molecule has 198 valence electrons. The summed E-state index contributed by atoms with van der Waals surface area (Å²) in [5.74, 6) is 1.21. The fraction of sp³-hybridized carbons (Fsp3) is 0.321. The highest BCUT2D eigenvalue weighted by Gasteiger charge is 2.32. The van der Waals surface area contributed by atoms with E-state index in [1.54, 1.807) is 39.5 Å². The van der Waals surface area contributed by atoms with Crippen LogP contribution >= 0.6 is 0 Å². The Hall–Kier alpha value is -4.18. The number of benzene rings is 2. The summed E-state index contributed by atoms with van der Waals surface area (Å²) in [7, 11) is 5.01. The van der Waals surface area contributed by atoms with E-state index in [0.717, 1.165) is 33.6 Å². The zero-order chi connectivity index (χ0) is 26.8. The molecule has 3 heterocycles. The molecule has 0 spiro atoms. The van der Waals surface area contributed by atoms with Crippen LogP contribution < -0.4 is 15.0 Å². The summed E-state index contributed by atoms with van der Waals surface area (Å²) in [5, 5.41) is 18.3. The van der Waals surface area contributed by atoms with E-state index in [9.17, 15) is 14.3 Å². The van der Waals surface area contributed by atoms with E-state index in [2.05, 4.69) is 15.2 Å². The van der Waals surface area contributed by atoms with Crippen LogP contribution in [0.1, 0.15) is 17.5 Å². The second-order valence-electron chi connectivity index (χ2n) is 9.50. The molecule has 0 radical (unpaired) electrons. The number of methoxy groups -OCH3 is 1. The van der Waals surface area contributed by atoms with Crippen molar-refractivity contribution in [3.05, 3.63) is 71.7 Å². The zero-order valence-electron chi connectivity index (χ0n) is 21.7. The number of nitrogens with one attached hydrogen (secondary N) is 1. The summed E-state index contributed by atoms with van der Waals surface area (Å²) in [6, 6.07) is 14.8. The Bertz CT molecular complexity index is 1460. The molecule has 9 nitrogen and oxygen atoms in total. The Labute approximate surface area is 220 Å². The van der Waals surface area contributed by atoms with Crippen LogP contribution in [0.5, 0.6) is 5.75 Å². The molecule has 38 heavy (non-hydrogen) atoms. The summed E-state index contributed by atoms with van der Waals surface area (Å²) < 4.78 is 22.1. The number of fused-ring (bicyclic) bond motifs is 1. The first-order valence-electron chi connectivity index (χ1n) is 12.5. The average Bonchev–Trinajstić information content (AvgIpc) is 3.55. The van der Waals surface area contributed by atoms with Gasteiger partial charge in [0.15, 0.2) is 11.5 Å². The standard InChI is InChI=1S/C28H31FN6O3/c1-30-15-20-7-6-19(14-24(20)29)23-10-12-31-26-25(23)27(34-13-11-21(17-34)33(2)28(36)37)32-35(26)16-18-4-8-22(38-3)9-5-18/h4-10,12,14,21,30H,11,13,15-17H2,1-3H3,(H,36,37). The molecular weight excluding hydrogens is 487 g/mol. The summed E-state index contributed by atoms with van der Waals surface area (Å²) >= 11 is 0. The van der Waals surface area contributed by atoms with Crippen LogP contribution in [-0.4, -0.2) is 71.2 Å². The monoisotopic (exact) mass is 518 g/mol. The van der Waals surface area contributed by atoms with Crippen molar-refractivity contribution in [2.45, 2.75) is 25.6 Å². The number of amides is 1. The topological polar surface area (TPSA) is 95.8 Å². The molecule has 1 atom stereocenters. The van der Waals surface area contributed by atoms with Gasteiger partial charge in [-0.3, -0.25) is 0 Å². The molecule has 2 aromatic carbocycles. The Morgan fingerprint density at radius 3 is 2.71 bits per heavy atom. The maximum atomic E-state index is 14.9. The molecule has 1 saturated heterocycles. The van der Waals surface area contributed by atoms with Crippen molar-refractivity contribution < 1.29 is 19.0 Å². The van der Waals surface area contributed by atoms with Crippen LogP contribution in [0.2, 0.25) is 0 Å². The molecule has 0 aliphatic carbocycles. The van der Waals surface area contributed by atoms with Gasteiger partial charge in [-0.05, 0) is 54.4 Å². The van der Waals surface area contributed by atoms with Gasteiger partial charge in [0.2, 0.25) is 0 Å². The van der Waals surface area contributed by atoms with E-state index >= 15 is 0 Å². The van der Waals surface area contributed by atoms with E-state index in [1.165, 1.54) is 4.90 Å². The number of hydrogen-bond donors (Lipinski definition) is 2. The normalized spacial score (nSPS) is 15.3. The molecular formula is C28H31FN6O3. The van der Waals surface area contributed by atoms with Crippen LogP contribution in [0.4, 0.5) is 15.0 Å².